The first-order chi connectivity index (χ1) is 11.0. The zero-order valence-electron chi connectivity index (χ0n) is 11.8. The number of rotatable bonds is 3. The zero-order valence-corrected chi connectivity index (χ0v) is 11.8. The largest absolute Gasteiger partial charge is 0.480 e. The third-order valence-corrected chi connectivity index (χ3v) is 3.63. The van der Waals surface area contributed by atoms with E-state index in [0.717, 1.165) is 4.90 Å². The van der Waals surface area contributed by atoms with Crippen molar-refractivity contribution in [2.45, 2.75) is 6.04 Å². The molecule has 0 spiro atoms. The second kappa shape index (κ2) is 5.65. The number of amides is 1. The summed E-state index contributed by atoms with van der Waals surface area (Å²) in [5.74, 6) is -1.78. The summed E-state index contributed by atoms with van der Waals surface area (Å²) >= 11 is 0. The van der Waals surface area contributed by atoms with Gasteiger partial charge in [-0.1, -0.05) is 0 Å². The molecular formula is C13H12N4O6. The Morgan fingerprint density at radius 2 is 2.26 bits per heavy atom. The molecule has 2 aromatic rings. The summed E-state index contributed by atoms with van der Waals surface area (Å²) in [6.45, 7) is 0.223. The number of non-ortho nitro benzene ring substituents is 1. The number of aromatic nitrogens is 2. The van der Waals surface area contributed by atoms with E-state index in [1.807, 2.05) is 0 Å². The fourth-order valence-corrected chi connectivity index (χ4v) is 2.47. The molecule has 1 saturated heterocycles. The Bertz CT molecular complexity index is 801. The van der Waals surface area contributed by atoms with Gasteiger partial charge in [0, 0.05) is 24.1 Å². The Hall–Kier alpha value is -3.01. The predicted octanol–water partition coefficient (Wildman–Crippen LogP) is 0.397. The standard InChI is InChI=1S/C13H12N4O6/c18-12(16-3-4-23-6-10(16)13(19)20)11-8-5-7(17(21)22)1-2-9(8)14-15-11/h1-2,5,10H,3-4,6H2,(H,14,15)(H,19,20). The highest BCUT2D eigenvalue weighted by Gasteiger charge is 2.35. The number of benzene rings is 1. The van der Waals surface area contributed by atoms with E-state index >= 15 is 0 Å². The molecule has 23 heavy (non-hydrogen) atoms. The average Bonchev–Trinajstić information content (AvgIpc) is 2.97. The molecule has 1 amide bonds. The zero-order chi connectivity index (χ0) is 16.6. The third-order valence-electron chi connectivity index (χ3n) is 3.63. The molecule has 0 bridgehead atoms. The van der Waals surface area contributed by atoms with Gasteiger partial charge in [0.15, 0.2) is 11.7 Å². The summed E-state index contributed by atoms with van der Waals surface area (Å²) in [6.07, 6.45) is 0. The van der Waals surface area contributed by atoms with Crippen molar-refractivity contribution >= 4 is 28.5 Å². The van der Waals surface area contributed by atoms with Crippen molar-refractivity contribution in [3.63, 3.8) is 0 Å². The van der Waals surface area contributed by atoms with Gasteiger partial charge >= 0.3 is 5.97 Å². The van der Waals surface area contributed by atoms with Crippen molar-refractivity contribution in [2.24, 2.45) is 0 Å². The number of fused-ring (bicyclic) bond motifs is 1. The van der Waals surface area contributed by atoms with Gasteiger partial charge < -0.3 is 14.7 Å². The number of aliphatic carboxylic acids is 1. The lowest BCUT2D eigenvalue weighted by Crippen LogP contribution is -2.52. The van der Waals surface area contributed by atoms with Gasteiger partial charge in [-0.2, -0.15) is 5.10 Å². The number of morpholine rings is 1. The number of carboxylic acid groups (broad SMARTS) is 1. The van der Waals surface area contributed by atoms with Crippen molar-refractivity contribution in [3.8, 4) is 0 Å². The van der Waals surface area contributed by atoms with Crippen molar-refractivity contribution in [1.29, 1.82) is 0 Å². The Morgan fingerprint density at radius 3 is 2.96 bits per heavy atom. The Morgan fingerprint density at radius 1 is 1.48 bits per heavy atom. The molecule has 1 atom stereocenters. The minimum atomic E-state index is -1.18. The number of carbonyl (C=O) groups is 2. The van der Waals surface area contributed by atoms with E-state index in [2.05, 4.69) is 10.2 Å². The summed E-state index contributed by atoms with van der Waals surface area (Å²) in [5.41, 5.74) is 0.237. The second-order valence-electron chi connectivity index (χ2n) is 4.99. The molecule has 10 nitrogen and oxygen atoms in total. The van der Waals surface area contributed by atoms with E-state index in [1.165, 1.54) is 18.2 Å². The molecule has 0 aliphatic carbocycles. The molecule has 120 valence electrons. The van der Waals surface area contributed by atoms with Crippen LogP contribution in [0.25, 0.3) is 10.9 Å². The Balaban J connectivity index is 2.01. The average molecular weight is 320 g/mol. The van der Waals surface area contributed by atoms with Crippen molar-refractivity contribution in [2.75, 3.05) is 19.8 Å². The minimum Gasteiger partial charge on any atom is -0.480 e. The van der Waals surface area contributed by atoms with Crippen LogP contribution in [-0.4, -0.2) is 62.8 Å². The number of nitro groups is 1. The van der Waals surface area contributed by atoms with Crippen molar-refractivity contribution in [3.05, 3.63) is 34.0 Å². The third kappa shape index (κ3) is 2.59. The van der Waals surface area contributed by atoms with Crippen LogP contribution in [0.2, 0.25) is 0 Å². The van der Waals surface area contributed by atoms with Crippen molar-refractivity contribution < 1.29 is 24.4 Å². The van der Waals surface area contributed by atoms with E-state index in [-0.39, 0.29) is 36.5 Å². The van der Waals surface area contributed by atoms with Gasteiger partial charge in [0.05, 0.1) is 23.7 Å². The molecule has 2 heterocycles. The van der Waals surface area contributed by atoms with Crippen LogP contribution >= 0.6 is 0 Å². The van der Waals surface area contributed by atoms with E-state index < -0.39 is 22.8 Å². The van der Waals surface area contributed by atoms with Crippen LogP contribution in [0.5, 0.6) is 0 Å². The summed E-state index contributed by atoms with van der Waals surface area (Å²) < 4.78 is 5.09. The Labute approximate surface area is 128 Å². The molecule has 1 aliphatic heterocycles. The first-order valence-corrected chi connectivity index (χ1v) is 6.73. The van der Waals surface area contributed by atoms with Crippen LogP contribution in [-0.2, 0) is 9.53 Å². The maximum atomic E-state index is 12.6. The highest BCUT2D eigenvalue weighted by Crippen LogP contribution is 2.24. The van der Waals surface area contributed by atoms with Crippen LogP contribution in [0.1, 0.15) is 10.5 Å². The SMILES string of the molecule is O=C(O)C1COCCN1C(=O)c1n[nH]c2ccc([N+](=O)[O-])cc12. The van der Waals surface area contributed by atoms with Crippen LogP contribution < -0.4 is 0 Å². The molecule has 1 unspecified atom stereocenters. The van der Waals surface area contributed by atoms with Crippen molar-refractivity contribution in [1.82, 2.24) is 15.1 Å². The highest BCUT2D eigenvalue weighted by molar-refractivity contribution is 6.06. The van der Waals surface area contributed by atoms with Gasteiger partial charge in [0.1, 0.15) is 0 Å². The van der Waals surface area contributed by atoms with Crippen LogP contribution in [0.15, 0.2) is 18.2 Å². The van der Waals surface area contributed by atoms with Gasteiger partial charge in [0.2, 0.25) is 0 Å². The first kappa shape index (κ1) is 14.9. The van der Waals surface area contributed by atoms with E-state index in [0.29, 0.717) is 5.52 Å². The fourth-order valence-electron chi connectivity index (χ4n) is 2.47. The molecule has 3 rings (SSSR count). The summed E-state index contributed by atoms with van der Waals surface area (Å²) in [5, 5.41) is 26.9. The molecule has 1 fully saturated rings. The van der Waals surface area contributed by atoms with Gasteiger partial charge in [-0.3, -0.25) is 20.0 Å². The second-order valence-corrected chi connectivity index (χ2v) is 4.99. The minimum absolute atomic E-state index is 0.0446. The number of aromatic amines is 1. The molecule has 0 radical (unpaired) electrons. The van der Waals surface area contributed by atoms with Gasteiger partial charge in [-0.05, 0) is 6.07 Å². The van der Waals surface area contributed by atoms with Crippen LogP contribution in [0, 0.1) is 10.1 Å². The molecular weight excluding hydrogens is 308 g/mol. The summed E-state index contributed by atoms with van der Waals surface area (Å²) in [7, 11) is 0. The lowest BCUT2D eigenvalue weighted by molar-refractivity contribution is -0.384. The van der Waals surface area contributed by atoms with E-state index in [9.17, 15) is 24.8 Å². The Kier molecular flexibility index (Phi) is 3.66. The number of carboxylic acids is 1. The number of carbonyl (C=O) groups excluding carboxylic acids is 1. The summed E-state index contributed by atoms with van der Waals surface area (Å²) in [4.78, 5) is 35.3. The van der Waals surface area contributed by atoms with Gasteiger partial charge in [-0.15, -0.1) is 0 Å². The van der Waals surface area contributed by atoms with Gasteiger partial charge in [-0.25, -0.2) is 4.79 Å². The number of hydrogen-bond acceptors (Lipinski definition) is 6. The molecule has 1 aliphatic rings. The maximum Gasteiger partial charge on any atom is 0.328 e. The normalized spacial score (nSPS) is 18.1. The lowest BCUT2D eigenvalue weighted by Gasteiger charge is -2.32. The molecule has 1 aromatic carbocycles. The number of hydrogen-bond donors (Lipinski definition) is 2. The molecule has 0 saturated carbocycles. The molecule has 2 N–H and O–H groups in total. The predicted molar refractivity (Wildman–Crippen MR) is 76.0 cm³/mol. The quantitative estimate of drug-likeness (QED) is 0.616. The van der Waals surface area contributed by atoms with Crippen LogP contribution in [0.4, 0.5) is 5.69 Å². The lowest BCUT2D eigenvalue weighted by atomic mass is 10.1. The van der Waals surface area contributed by atoms with E-state index in [1.54, 1.807) is 0 Å². The van der Waals surface area contributed by atoms with Crippen LogP contribution in [0.3, 0.4) is 0 Å². The monoisotopic (exact) mass is 320 g/mol. The molecule has 10 heteroatoms. The topological polar surface area (TPSA) is 139 Å². The number of ether oxygens (including phenoxy) is 1. The number of nitro benzene ring substituents is 1. The van der Waals surface area contributed by atoms with E-state index in [4.69, 9.17) is 4.74 Å². The maximum absolute atomic E-state index is 12.6. The first-order valence-electron chi connectivity index (χ1n) is 6.73. The number of H-pyrrole nitrogens is 1. The number of nitrogens with one attached hydrogen (secondary N) is 1. The van der Waals surface area contributed by atoms with Gasteiger partial charge in [0.25, 0.3) is 11.6 Å². The highest BCUT2D eigenvalue weighted by atomic mass is 16.6. The molecule has 1 aromatic heterocycles. The fraction of sp³-hybridized carbons (Fsp3) is 0.308. The summed E-state index contributed by atoms with van der Waals surface area (Å²) in [6, 6.07) is 2.87. The number of nitrogens with zero attached hydrogens (tertiary/aromatic N) is 3. The smallest absolute Gasteiger partial charge is 0.328 e.